The topological polar surface area (TPSA) is 85.3 Å². The van der Waals surface area contributed by atoms with Crippen LogP contribution in [0.15, 0.2) is 59.5 Å². The Kier molecular flexibility index (Phi) is 6.11. The van der Waals surface area contributed by atoms with Gasteiger partial charge in [-0.05, 0) is 60.3 Å². The Hall–Kier alpha value is -3.78. The Morgan fingerprint density at radius 1 is 0.939 bits per heavy atom. The van der Waals surface area contributed by atoms with E-state index >= 15 is 0 Å². The number of carbonyl (C=O) groups is 2. The smallest absolute Gasteiger partial charge is 0.300 e. The van der Waals surface area contributed by atoms with Gasteiger partial charge in [0.15, 0.2) is 11.5 Å². The monoisotopic (exact) mass is 465 g/mol. The Labute approximate surface area is 195 Å². The summed E-state index contributed by atoms with van der Waals surface area (Å²) >= 11 is 1.42. The van der Waals surface area contributed by atoms with Crippen molar-refractivity contribution in [2.75, 3.05) is 26.2 Å². The van der Waals surface area contributed by atoms with E-state index in [4.69, 9.17) is 14.2 Å². The van der Waals surface area contributed by atoms with Gasteiger partial charge in [0, 0.05) is 22.2 Å². The summed E-state index contributed by atoms with van der Waals surface area (Å²) in [4.78, 5) is 28.7. The number of benzene rings is 2. The summed E-state index contributed by atoms with van der Waals surface area (Å²) in [6.07, 6.45) is 0. The van der Waals surface area contributed by atoms with E-state index in [1.807, 2.05) is 18.4 Å². The van der Waals surface area contributed by atoms with Crippen LogP contribution >= 0.6 is 11.3 Å². The molecule has 8 heteroatoms. The zero-order valence-electron chi connectivity index (χ0n) is 18.6. The molecular weight excluding hydrogens is 442 g/mol. The van der Waals surface area contributed by atoms with Crippen LogP contribution in [0.1, 0.15) is 22.0 Å². The molecule has 2 heterocycles. The SMILES string of the molecule is COc1ccc(/C(O)=C2/C(=O)C(=O)N(c3ccc(OC)c(OC)c3)C2c2sccc2C)cc1. The number of ketones is 1. The molecule has 1 N–H and O–H groups in total. The molecule has 1 aromatic heterocycles. The number of carbonyl (C=O) groups excluding carboxylic acids is 2. The van der Waals surface area contributed by atoms with E-state index < -0.39 is 17.7 Å². The lowest BCUT2D eigenvalue weighted by atomic mass is 9.98. The molecule has 1 saturated heterocycles. The highest BCUT2D eigenvalue weighted by Gasteiger charge is 2.48. The maximum Gasteiger partial charge on any atom is 0.300 e. The molecule has 0 aliphatic carbocycles. The molecule has 1 aliphatic heterocycles. The minimum atomic E-state index is -0.787. The molecule has 1 amide bonds. The summed E-state index contributed by atoms with van der Waals surface area (Å²) in [6.45, 7) is 1.91. The first-order valence-electron chi connectivity index (χ1n) is 10.1. The number of ether oxygens (including phenoxy) is 3. The molecule has 4 rings (SSSR count). The summed E-state index contributed by atoms with van der Waals surface area (Å²) < 4.78 is 15.9. The van der Waals surface area contributed by atoms with Crippen molar-refractivity contribution in [3.63, 3.8) is 0 Å². The molecule has 7 nitrogen and oxygen atoms in total. The second kappa shape index (κ2) is 8.99. The number of thiophene rings is 1. The molecule has 2 aromatic carbocycles. The molecule has 1 atom stereocenters. The fraction of sp³-hybridized carbons (Fsp3) is 0.200. The van der Waals surface area contributed by atoms with E-state index in [9.17, 15) is 14.7 Å². The van der Waals surface area contributed by atoms with Gasteiger partial charge in [0.2, 0.25) is 0 Å². The number of hydrogen-bond acceptors (Lipinski definition) is 7. The van der Waals surface area contributed by atoms with E-state index in [1.54, 1.807) is 49.6 Å². The molecule has 33 heavy (non-hydrogen) atoms. The number of rotatable bonds is 6. The van der Waals surface area contributed by atoms with Crippen molar-refractivity contribution >= 4 is 34.5 Å². The van der Waals surface area contributed by atoms with Gasteiger partial charge in [0.25, 0.3) is 11.7 Å². The highest BCUT2D eigenvalue weighted by Crippen LogP contribution is 2.46. The van der Waals surface area contributed by atoms with Crippen molar-refractivity contribution in [3.8, 4) is 17.2 Å². The van der Waals surface area contributed by atoms with E-state index in [-0.39, 0.29) is 11.3 Å². The van der Waals surface area contributed by atoms with Crippen LogP contribution in [-0.2, 0) is 9.59 Å². The molecule has 0 spiro atoms. The molecule has 1 unspecified atom stereocenters. The van der Waals surface area contributed by atoms with Crippen LogP contribution < -0.4 is 19.1 Å². The van der Waals surface area contributed by atoms with Crippen molar-refractivity contribution < 1.29 is 28.9 Å². The van der Waals surface area contributed by atoms with E-state index in [1.165, 1.54) is 30.5 Å². The lowest BCUT2D eigenvalue weighted by molar-refractivity contribution is -0.132. The van der Waals surface area contributed by atoms with Crippen molar-refractivity contribution in [1.29, 1.82) is 0 Å². The van der Waals surface area contributed by atoms with Crippen LogP contribution in [0, 0.1) is 6.92 Å². The molecule has 0 saturated carbocycles. The van der Waals surface area contributed by atoms with Gasteiger partial charge in [-0.2, -0.15) is 0 Å². The van der Waals surface area contributed by atoms with E-state index in [0.717, 1.165) is 10.4 Å². The largest absolute Gasteiger partial charge is 0.507 e. The molecule has 1 fully saturated rings. The Morgan fingerprint density at radius 3 is 2.21 bits per heavy atom. The van der Waals surface area contributed by atoms with Crippen molar-refractivity contribution in [1.82, 2.24) is 0 Å². The number of aryl methyl sites for hydroxylation is 1. The molecule has 3 aromatic rings. The maximum atomic E-state index is 13.3. The van der Waals surface area contributed by atoms with Crippen LogP contribution in [0.2, 0.25) is 0 Å². The third kappa shape index (κ3) is 3.82. The van der Waals surface area contributed by atoms with E-state index in [0.29, 0.717) is 28.5 Å². The van der Waals surface area contributed by atoms with Crippen LogP contribution in [0.5, 0.6) is 17.2 Å². The normalized spacial score (nSPS) is 17.3. The predicted octanol–water partition coefficient (Wildman–Crippen LogP) is 4.71. The predicted molar refractivity (Wildman–Crippen MR) is 126 cm³/mol. The molecule has 1 aliphatic rings. The lowest BCUT2D eigenvalue weighted by Gasteiger charge is -2.25. The minimum absolute atomic E-state index is 0.0329. The molecule has 0 bridgehead atoms. The summed E-state index contributed by atoms with van der Waals surface area (Å²) in [6, 6.07) is 12.8. The number of aliphatic hydroxyl groups excluding tert-OH is 1. The summed E-state index contributed by atoms with van der Waals surface area (Å²) in [5.74, 6) is -0.181. The Balaban J connectivity index is 1.92. The van der Waals surface area contributed by atoms with Gasteiger partial charge >= 0.3 is 0 Å². The minimum Gasteiger partial charge on any atom is -0.507 e. The second-order valence-corrected chi connectivity index (χ2v) is 8.35. The van der Waals surface area contributed by atoms with Gasteiger partial charge in [-0.25, -0.2) is 0 Å². The fourth-order valence-corrected chi connectivity index (χ4v) is 4.92. The third-order valence-electron chi connectivity index (χ3n) is 5.60. The maximum absolute atomic E-state index is 13.3. The summed E-state index contributed by atoms with van der Waals surface area (Å²) in [5.41, 5.74) is 1.82. The Morgan fingerprint density at radius 2 is 1.64 bits per heavy atom. The lowest BCUT2D eigenvalue weighted by Crippen LogP contribution is -2.29. The number of hydrogen-bond donors (Lipinski definition) is 1. The molecule has 170 valence electrons. The zero-order valence-corrected chi connectivity index (χ0v) is 19.4. The van der Waals surface area contributed by atoms with Crippen LogP contribution in [-0.4, -0.2) is 38.1 Å². The number of amides is 1. The second-order valence-electron chi connectivity index (χ2n) is 7.40. The van der Waals surface area contributed by atoms with Crippen LogP contribution in [0.3, 0.4) is 0 Å². The van der Waals surface area contributed by atoms with Gasteiger partial charge < -0.3 is 19.3 Å². The summed E-state index contributed by atoms with van der Waals surface area (Å²) in [5, 5.41) is 13.1. The van der Waals surface area contributed by atoms with Crippen LogP contribution in [0.4, 0.5) is 5.69 Å². The highest BCUT2D eigenvalue weighted by atomic mass is 32.1. The highest BCUT2D eigenvalue weighted by molar-refractivity contribution is 7.10. The van der Waals surface area contributed by atoms with Gasteiger partial charge in [-0.1, -0.05) is 0 Å². The van der Waals surface area contributed by atoms with Crippen LogP contribution in [0.25, 0.3) is 5.76 Å². The quantitative estimate of drug-likeness (QED) is 0.322. The molecular formula is C25H23NO6S. The van der Waals surface area contributed by atoms with Gasteiger partial charge in [0.05, 0.1) is 26.9 Å². The van der Waals surface area contributed by atoms with Gasteiger partial charge in [-0.15, -0.1) is 11.3 Å². The number of nitrogens with zero attached hydrogens (tertiary/aromatic N) is 1. The number of Topliss-reactive ketones (excluding diaryl/α,β-unsaturated/α-hetero) is 1. The fourth-order valence-electron chi connectivity index (χ4n) is 3.89. The van der Waals surface area contributed by atoms with Crippen molar-refractivity contribution in [2.45, 2.75) is 13.0 Å². The number of aliphatic hydroxyl groups is 1. The average molecular weight is 466 g/mol. The summed E-state index contributed by atoms with van der Waals surface area (Å²) in [7, 11) is 4.57. The zero-order chi connectivity index (χ0) is 23.7. The first-order valence-corrected chi connectivity index (χ1v) is 11.0. The van der Waals surface area contributed by atoms with Crippen molar-refractivity contribution in [3.05, 3.63) is 75.5 Å². The van der Waals surface area contributed by atoms with Gasteiger partial charge in [-0.3, -0.25) is 14.5 Å². The number of methoxy groups -OCH3 is 3. The van der Waals surface area contributed by atoms with E-state index in [2.05, 4.69) is 0 Å². The standard InChI is InChI=1S/C25H23NO6S/c1-14-11-12-33-24(14)21-20(22(27)15-5-8-17(30-2)9-6-15)23(28)25(29)26(21)16-7-10-18(31-3)19(13-16)32-4/h5-13,21,27H,1-4H3/b22-20-. The first-order chi connectivity index (χ1) is 15.9. The number of anilines is 1. The van der Waals surface area contributed by atoms with Gasteiger partial charge in [0.1, 0.15) is 17.6 Å². The molecule has 0 radical (unpaired) electrons. The Bertz CT molecular complexity index is 1240. The average Bonchev–Trinajstić information content (AvgIpc) is 3.38. The first kappa shape index (κ1) is 22.4. The van der Waals surface area contributed by atoms with Crippen molar-refractivity contribution in [2.24, 2.45) is 0 Å². The third-order valence-corrected chi connectivity index (χ3v) is 6.67.